The summed E-state index contributed by atoms with van der Waals surface area (Å²) in [6, 6.07) is 11.3. The van der Waals surface area contributed by atoms with Crippen LogP contribution in [0.4, 0.5) is 14.6 Å². The predicted octanol–water partition coefficient (Wildman–Crippen LogP) is 4.11. The second kappa shape index (κ2) is 7.28. The number of hydrogen-bond acceptors (Lipinski definition) is 5. The first kappa shape index (κ1) is 18.9. The molecular weight excluding hydrogens is 402 g/mol. The molecule has 7 nitrogen and oxygen atoms in total. The average Bonchev–Trinajstić information content (AvgIpc) is 3.25. The predicted molar refractivity (Wildman–Crippen MR) is 113 cm³/mol. The molecule has 3 heterocycles. The molecule has 1 unspecified atom stereocenters. The van der Waals surface area contributed by atoms with E-state index in [0.29, 0.717) is 16.9 Å². The molecule has 2 N–H and O–H groups in total. The zero-order valence-electron chi connectivity index (χ0n) is 16.3. The summed E-state index contributed by atoms with van der Waals surface area (Å²) >= 11 is 0. The SMILES string of the molecule is CC(Nc1nccc2[nH]cnc12)c1nc2ccccc2c(=O)n1-c1c(F)cccc1F. The van der Waals surface area contributed by atoms with Crippen molar-refractivity contribution in [2.45, 2.75) is 13.0 Å². The Hall–Kier alpha value is -4.14. The number of fused-ring (bicyclic) bond motifs is 2. The van der Waals surface area contributed by atoms with Gasteiger partial charge in [0.05, 0.1) is 28.8 Å². The van der Waals surface area contributed by atoms with Gasteiger partial charge in [-0.1, -0.05) is 18.2 Å². The Balaban J connectivity index is 1.74. The maximum atomic E-state index is 14.7. The van der Waals surface area contributed by atoms with Crippen LogP contribution in [0.3, 0.4) is 0 Å². The molecule has 1 atom stereocenters. The van der Waals surface area contributed by atoms with Crippen molar-refractivity contribution < 1.29 is 8.78 Å². The quantitative estimate of drug-likeness (QED) is 0.459. The van der Waals surface area contributed by atoms with Crippen LogP contribution in [-0.4, -0.2) is 24.5 Å². The number of imidazole rings is 1. The number of para-hydroxylation sites is 2. The van der Waals surface area contributed by atoms with Gasteiger partial charge in [-0.15, -0.1) is 0 Å². The minimum absolute atomic E-state index is 0.141. The highest BCUT2D eigenvalue weighted by Gasteiger charge is 2.23. The molecule has 0 aliphatic carbocycles. The molecule has 5 rings (SSSR count). The van der Waals surface area contributed by atoms with E-state index in [4.69, 9.17) is 0 Å². The van der Waals surface area contributed by atoms with Crippen molar-refractivity contribution in [1.29, 1.82) is 0 Å². The second-order valence-electron chi connectivity index (χ2n) is 7.02. The van der Waals surface area contributed by atoms with Crippen molar-refractivity contribution in [3.05, 3.63) is 88.9 Å². The average molecular weight is 418 g/mol. The molecule has 0 aliphatic rings. The first-order valence-electron chi connectivity index (χ1n) is 9.55. The van der Waals surface area contributed by atoms with E-state index in [0.717, 1.165) is 22.2 Å². The summed E-state index contributed by atoms with van der Waals surface area (Å²) in [5.41, 5.74) is 0.759. The van der Waals surface area contributed by atoms with Crippen LogP contribution in [0.1, 0.15) is 18.8 Å². The molecule has 0 radical (unpaired) electrons. The van der Waals surface area contributed by atoms with Gasteiger partial charge in [-0.2, -0.15) is 0 Å². The van der Waals surface area contributed by atoms with Crippen LogP contribution in [0.2, 0.25) is 0 Å². The number of nitrogens with zero attached hydrogens (tertiary/aromatic N) is 4. The topological polar surface area (TPSA) is 88.5 Å². The largest absolute Gasteiger partial charge is 0.359 e. The molecule has 2 aromatic carbocycles. The minimum Gasteiger partial charge on any atom is -0.359 e. The first-order chi connectivity index (χ1) is 15.0. The first-order valence-corrected chi connectivity index (χ1v) is 9.55. The third kappa shape index (κ3) is 3.10. The number of H-pyrrole nitrogens is 1. The van der Waals surface area contributed by atoms with Gasteiger partial charge in [0.2, 0.25) is 0 Å². The Morgan fingerprint density at radius 2 is 1.81 bits per heavy atom. The van der Waals surface area contributed by atoms with Crippen molar-refractivity contribution in [3.8, 4) is 5.69 Å². The fraction of sp³-hybridized carbons (Fsp3) is 0.0909. The molecule has 154 valence electrons. The number of rotatable bonds is 4. The number of aromatic amines is 1. The van der Waals surface area contributed by atoms with Crippen LogP contribution in [-0.2, 0) is 0 Å². The van der Waals surface area contributed by atoms with Gasteiger partial charge in [0.1, 0.15) is 28.7 Å². The van der Waals surface area contributed by atoms with Gasteiger partial charge in [-0.3, -0.25) is 9.36 Å². The highest BCUT2D eigenvalue weighted by atomic mass is 19.1. The summed E-state index contributed by atoms with van der Waals surface area (Å²) in [4.78, 5) is 29.4. The molecule has 0 bridgehead atoms. The van der Waals surface area contributed by atoms with Crippen LogP contribution in [0.5, 0.6) is 0 Å². The van der Waals surface area contributed by atoms with Gasteiger partial charge in [0.25, 0.3) is 5.56 Å². The Kier molecular flexibility index (Phi) is 4.43. The van der Waals surface area contributed by atoms with E-state index in [9.17, 15) is 13.6 Å². The molecule has 0 aliphatic heterocycles. The Labute approximate surface area is 174 Å². The van der Waals surface area contributed by atoms with Crippen molar-refractivity contribution >= 4 is 27.8 Å². The van der Waals surface area contributed by atoms with Gasteiger partial charge in [-0.25, -0.2) is 23.7 Å². The molecule has 0 saturated heterocycles. The van der Waals surface area contributed by atoms with Gasteiger partial charge in [0, 0.05) is 6.20 Å². The smallest absolute Gasteiger partial charge is 0.266 e. The highest BCUT2D eigenvalue weighted by molar-refractivity contribution is 5.85. The van der Waals surface area contributed by atoms with Crippen LogP contribution < -0.4 is 10.9 Å². The van der Waals surface area contributed by atoms with Crippen molar-refractivity contribution in [3.63, 3.8) is 0 Å². The molecule has 0 fully saturated rings. The molecule has 9 heteroatoms. The van der Waals surface area contributed by atoms with E-state index >= 15 is 0 Å². The van der Waals surface area contributed by atoms with Crippen molar-refractivity contribution in [1.82, 2.24) is 24.5 Å². The maximum absolute atomic E-state index is 14.7. The van der Waals surface area contributed by atoms with Gasteiger partial charge >= 0.3 is 0 Å². The molecule has 31 heavy (non-hydrogen) atoms. The van der Waals surface area contributed by atoms with Crippen LogP contribution in [0, 0.1) is 11.6 Å². The Morgan fingerprint density at radius 1 is 1.03 bits per heavy atom. The van der Waals surface area contributed by atoms with E-state index in [1.807, 2.05) is 0 Å². The summed E-state index contributed by atoms with van der Waals surface area (Å²) in [6.45, 7) is 1.74. The number of pyridine rings is 1. The lowest BCUT2D eigenvalue weighted by Gasteiger charge is -2.20. The number of benzene rings is 2. The normalized spacial score (nSPS) is 12.4. The third-order valence-corrected chi connectivity index (χ3v) is 5.04. The third-order valence-electron chi connectivity index (χ3n) is 5.04. The lowest BCUT2D eigenvalue weighted by Crippen LogP contribution is -2.28. The maximum Gasteiger partial charge on any atom is 0.266 e. The second-order valence-corrected chi connectivity index (χ2v) is 7.02. The van der Waals surface area contributed by atoms with E-state index in [1.54, 1.807) is 49.8 Å². The van der Waals surface area contributed by atoms with Crippen molar-refractivity contribution in [2.24, 2.45) is 0 Å². The van der Waals surface area contributed by atoms with Crippen LogP contribution >= 0.6 is 0 Å². The summed E-state index contributed by atoms with van der Waals surface area (Å²) in [5.74, 6) is -1.13. The molecule has 0 saturated carbocycles. The van der Waals surface area contributed by atoms with Crippen molar-refractivity contribution in [2.75, 3.05) is 5.32 Å². The number of anilines is 1. The van der Waals surface area contributed by atoms with Gasteiger partial charge in [0.15, 0.2) is 5.82 Å². The zero-order chi connectivity index (χ0) is 21.5. The van der Waals surface area contributed by atoms with E-state index < -0.39 is 28.9 Å². The standard InChI is InChI=1S/C22H16F2N6O/c1-12(28-20-18-17(9-10-25-20)26-11-27-18)21-29-16-8-3-2-5-13(16)22(31)30(21)19-14(23)6-4-7-15(19)24/h2-12H,1H3,(H,25,28)(H,26,27). The summed E-state index contributed by atoms with van der Waals surface area (Å²) in [6.07, 6.45) is 3.15. The molecule has 5 aromatic rings. The number of hydrogen-bond donors (Lipinski definition) is 2. The van der Waals surface area contributed by atoms with Crippen LogP contribution in [0.15, 0.2) is 65.8 Å². The molecular formula is C22H16F2N6O. The highest BCUT2D eigenvalue weighted by Crippen LogP contribution is 2.26. The molecule has 0 amide bonds. The lowest BCUT2D eigenvalue weighted by molar-refractivity contribution is 0.558. The van der Waals surface area contributed by atoms with Gasteiger partial charge < -0.3 is 10.3 Å². The van der Waals surface area contributed by atoms with Crippen LogP contribution in [0.25, 0.3) is 27.6 Å². The molecule has 3 aromatic heterocycles. The van der Waals surface area contributed by atoms with E-state index in [2.05, 4.69) is 25.3 Å². The van der Waals surface area contributed by atoms with E-state index in [-0.39, 0.29) is 11.2 Å². The summed E-state index contributed by atoms with van der Waals surface area (Å²) in [5, 5.41) is 3.43. The summed E-state index contributed by atoms with van der Waals surface area (Å²) in [7, 11) is 0. The number of aromatic nitrogens is 5. The summed E-state index contributed by atoms with van der Waals surface area (Å²) < 4.78 is 30.3. The Bertz CT molecular complexity index is 1470. The fourth-order valence-corrected chi connectivity index (χ4v) is 3.60. The molecule has 0 spiro atoms. The minimum atomic E-state index is -0.861. The lowest BCUT2D eigenvalue weighted by atomic mass is 10.2. The number of nitrogens with one attached hydrogen (secondary N) is 2. The zero-order valence-corrected chi connectivity index (χ0v) is 16.3. The van der Waals surface area contributed by atoms with E-state index in [1.165, 1.54) is 6.07 Å². The monoisotopic (exact) mass is 418 g/mol. The van der Waals surface area contributed by atoms with Gasteiger partial charge in [-0.05, 0) is 37.3 Å². The Morgan fingerprint density at radius 3 is 2.61 bits per heavy atom. The fourth-order valence-electron chi connectivity index (χ4n) is 3.60. The number of halogens is 2.